The molecule has 3 rings (SSSR count). The number of halogens is 2. The summed E-state index contributed by atoms with van der Waals surface area (Å²) in [5.74, 6) is 2.79. The Morgan fingerprint density at radius 1 is 1.14 bits per heavy atom. The quantitative estimate of drug-likeness (QED) is 0.814. The second-order valence-electron chi connectivity index (χ2n) is 7.10. The van der Waals surface area contributed by atoms with Gasteiger partial charge in [0.25, 0.3) is 0 Å². The van der Waals surface area contributed by atoms with Gasteiger partial charge in [-0.25, -0.2) is 0 Å². The van der Waals surface area contributed by atoms with Crippen LogP contribution in [0.3, 0.4) is 0 Å². The summed E-state index contributed by atoms with van der Waals surface area (Å²) in [5, 5.41) is 6.64. The molecule has 130 valence electrons. The van der Waals surface area contributed by atoms with Crippen molar-refractivity contribution in [3.63, 3.8) is 0 Å². The van der Waals surface area contributed by atoms with Crippen molar-refractivity contribution < 1.29 is 4.79 Å². The summed E-state index contributed by atoms with van der Waals surface area (Å²) < 4.78 is 0. The number of fused-ring (bicyclic) bond motifs is 2. The molecule has 2 bridgehead atoms. The fraction of sp³-hybridized carbons (Fsp3) is 0.938. The van der Waals surface area contributed by atoms with Crippen LogP contribution in [0.15, 0.2) is 0 Å². The Hall–Kier alpha value is -0.0300. The van der Waals surface area contributed by atoms with Gasteiger partial charge in [-0.05, 0) is 50.9 Å². The summed E-state index contributed by atoms with van der Waals surface area (Å²) in [6, 6.07) is 0.362. The zero-order valence-corrected chi connectivity index (χ0v) is 15.3. The molecule has 0 aromatic heterocycles. The van der Waals surface area contributed by atoms with Gasteiger partial charge in [-0.2, -0.15) is 0 Å². The van der Waals surface area contributed by atoms with Gasteiger partial charge in [0.15, 0.2) is 0 Å². The van der Waals surface area contributed by atoms with Gasteiger partial charge in [-0.1, -0.05) is 6.42 Å². The predicted octanol–water partition coefficient (Wildman–Crippen LogP) is 2.06. The molecular weight excluding hydrogens is 321 g/mol. The maximum Gasteiger partial charge on any atom is 0.237 e. The van der Waals surface area contributed by atoms with Crippen LogP contribution in [0.25, 0.3) is 0 Å². The Kier molecular flexibility index (Phi) is 7.93. The van der Waals surface area contributed by atoms with E-state index in [0.717, 1.165) is 43.9 Å². The summed E-state index contributed by atoms with van der Waals surface area (Å²) in [5.41, 5.74) is 0. The van der Waals surface area contributed by atoms with Crippen LogP contribution >= 0.6 is 24.8 Å². The molecule has 0 aromatic rings. The van der Waals surface area contributed by atoms with E-state index in [1.807, 2.05) is 6.92 Å². The molecule has 5 unspecified atom stereocenters. The Morgan fingerprint density at radius 3 is 2.36 bits per heavy atom. The monoisotopic (exact) mass is 351 g/mol. The molecular formula is C16H31Cl2N3O. The van der Waals surface area contributed by atoms with Gasteiger partial charge < -0.3 is 10.6 Å². The number of hydrogen-bond donors (Lipinski definition) is 2. The molecule has 5 atom stereocenters. The number of rotatable bonds is 4. The van der Waals surface area contributed by atoms with Crippen molar-refractivity contribution in [1.82, 2.24) is 15.5 Å². The van der Waals surface area contributed by atoms with E-state index in [1.54, 1.807) is 0 Å². The molecule has 22 heavy (non-hydrogen) atoms. The zero-order valence-electron chi connectivity index (χ0n) is 13.7. The highest BCUT2D eigenvalue weighted by Crippen LogP contribution is 2.49. The lowest BCUT2D eigenvalue weighted by atomic mass is 9.84. The molecule has 2 N–H and O–H groups in total. The van der Waals surface area contributed by atoms with E-state index in [0.29, 0.717) is 6.04 Å². The second-order valence-corrected chi connectivity index (χ2v) is 7.10. The molecule has 0 spiro atoms. The number of carbonyl (C=O) groups is 1. The summed E-state index contributed by atoms with van der Waals surface area (Å²) in [6.07, 6.45) is 5.58. The molecule has 3 aliphatic rings. The summed E-state index contributed by atoms with van der Waals surface area (Å²) in [4.78, 5) is 14.7. The van der Waals surface area contributed by atoms with Crippen molar-refractivity contribution in [2.45, 2.75) is 51.6 Å². The molecule has 0 radical (unpaired) electrons. The first-order chi connectivity index (χ1) is 9.65. The largest absolute Gasteiger partial charge is 0.352 e. The number of hydrogen-bond acceptors (Lipinski definition) is 3. The van der Waals surface area contributed by atoms with E-state index in [-0.39, 0.29) is 36.8 Å². The molecule has 1 saturated heterocycles. The molecule has 3 fully saturated rings. The number of amides is 1. The van der Waals surface area contributed by atoms with Gasteiger partial charge in [0.1, 0.15) is 0 Å². The Morgan fingerprint density at radius 2 is 1.82 bits per heavy atom. The minimum absolute atomic E-state index is 0. The molecule has 4 nitrogen and oxygen atoms in total. The number of piperazine rings is 1. The lowest BCUT2D eigenvalue weighted by Gasteiger charge is -2.34. The van der Waals surface area contributed by atoms with Crippen molar-refractivity contribution in [3.05, 3.63) is 0 Å². The van der Waals surface area contributed by atoms with Crippen molar-refractivity contribution >= 4 is 30.7 Å². The Labute approximate surface area is 147 Å². The molecule has 1 heterocycles. The third-order valence-electron chi connectivity index (χ3n) is 5.88. The highest BCUT2D eigenvalue weighted by Gasteiger charge is 2.42. The maximum absolute atomic E-state index is 12.4. The van der Waals surface area contributed by atoms with Gasteiger partial charge >= 0.3 is 0 Å². The van der Waals surface area contributed by atoms with Gasteiger partial charge in [-0.15, -0.1) is 24.8 Å². The minimum Gasteiger partial charge on any atom is -0.352 e. The normalized spacial score (nSPS) is 33.5. The van der Waals surface area contributed by atoms with E-state index in [4.69, 9.17) is 0 Å². The molecule has 6 heteroatoms. The van der Waals surface area contributed by atoms with Crippen LogP contribution < -0.4 is 10.6 Å². The van der Waals surface area contributed by atoms with Crippen LogP contribution in [0.1, 0.15) is 39.5 Å². The average molecular weight is 352 g/mol. The number of nitrogens with one attached hydrogen (secondary N) is 2. The van der Waals surface area contributed by atoms with Gasteiger partial charge in [0.05, 0.1) is 6.04 Å². The molecule has 1 aliphatic heterocycles. The van der Waals surface area contributed by atoms with E-state index in [2.05, 4.69) is 22.5 Å². The van der Waals surface area contributed by atoms with E-state index in [1.165, 1.54) is 25.7 Å². The standard InChI is InChI=1S/C16H29N3O.2ClH/c1-11(15-10-13-3-4-14(15)9-13)18-16(20)12(2)19-7-5-17-6-8-19;;/h11-15,17H,3-10H2,1-2H3,(H,18,20);2*1H. The zero-order chi connectivity index (χ0) is 14.1. The van der Waals surface area contributed by atoms with Crippen LogP contribution in [0.2, 0.25) is 0 Å². The summed E-state index contributed by atoms with van der Waals surface area (Å²) in [7, 11) is 0. The van der Waals surface area contributed by atoms with Gasteiger partial charge in [-0.3, -0.25) is 9.69 Å². The first-order valence-electron chi connectivity index (χ1n) is 8.40. The van der Waals surface area contributed by atoms with Crippen molar-refractivity contribution in [3.8, 4) is 0 Å². The predicted molar refractivity (Wildman–Crippen MR) is 94.9 cm³/mol. The lowest BCUT2D eigenvalue weighted by Crippen LogP contribution is -2.54. The second kappa shape index (κ2) is 8.72. The number of carbonyl (C=O) groups excluding carboxylic acids is 1. The smallest absolute Gasteiger partial charge is 0.237 e. The Balaban J connectivity index is 0.00000121. The van der Waals surface area contributed by atoms with Crippen LogP contribution in [0.5, 0.6) is 0 Å². The van der Waals surface area contributed by atoms with E-state index < -0.39 is 0 Å². The highest BCUT2D eigenvalue weighted by molar-refractivity contribution is 5.85. The van der Waals surface area contributed by atoms with Crippen molar-refractivity contribution in [2.75, 3.05) is 26.2 Å². The molecule has 1 amide bonds. The fourth-order valence-corrected chi connectivity index (χ4v) is 4.59. The first-order valence-corrected chi connectivity index (χ1v) is 8.40. The SMILES string of the molecule is CC(NC(=O)C(C)N1CCNCC1)C1CC2CCC1C2.Cl.Cl. The minimum atomic E-state index is 0. The third kappa shape index (κ3) is 4.28. The topological polar surface area (TPSA) is 44.4 Å². The van der Waals surface area contributed by atoms with Crippen LogP contribution in [-0.4, -0.2) is 49.1 Å². The van der Waals surface area contributed by atoms with Crippen molar-refractivity contribution in [2.24, 2.45) is 17.8 Å². The average Bonchev–Trinajstić information content (AvgIpc) is 3.10. The van der Waals surface area contributed by atoms with E-state index in [9.17, 15) is 4.79 Å². The van der Waals surface area contributed by atoms with Crippen LogP contribution in [0.4, 0.5) is 0 Å². The first kappa shape index (κ1) is 20.0. The third-order valence-corrected chi connectivity index (χ3v) is 5.88. The molecule has 0 aromatic carbocycles. The number of nitrogens with zero attached hydrogens (tertiary/aromatic N) is 1. The molecule has 2 aliphatic carbocycles. The summed E-state index contributed by atoms with van der Waals surface area (Å²) >= 11 is 0. The van der Waals surface area contributed by atoms with Gasteiger partial charge in [0, 0.05) is 32.2 Å². The van der Waals surface area contributed by atoms with Crippen LogP contribution in [0, 0.1) is 17.8 Å². The maximum atomic E-state index is 12.4. The van der Waals surface area contributed by atoms with Gasteiger partial charge in [0.2, 0.25) is 5.91 Å². The molecule has 2 saturated carbocycles. The van der Waals surface area contributed by atoms with E-state index >= 15 is 0 Å². The fourth-order valence-electron chi connectivity index (χ4n) is 4.59. The van der Waals surface area contributed by atoms with Crippen molar-refractivity contribution in [1.29, 1.82) is 0 Å². The highest BCUT2D eigenvalue weighted by atomic mass is 35.5. The summed E-state index contributed by atoms with van der Waals surface area (Å²) in [6.45, 7) is 8.23. The Bertz CT molecular complexity index is 363. The van der Waals surface area contributed by atoms with Crippen LogP contribution in [-0.2, 0) is 4.79 Å². The lowest BCUT2D eigenvalue weighted by molar-refractivity contribution is -0.127.